The summed E-state index contributed by atoms with van der Waals surface area (Å²) in [6.07, 6.45) is 0. The predicted octanol–water partition coefficient (Wildman–Crippen LogP) is 2.92. The van der Waals surface area contributed by atoms with Gasteiger partial charge in [-0.2, -0.15) is 0 Å². The molecule has 0 bridgehead atoms. The van der Waals surface area contributed by atoms with Crippen molar-refractivity contribution in [2.45, 2.75) is 11.8 Å². The Balaban J connectivity index is 0.00000320. The van der Waals surface area contributed by atoms with Gasteiger partial charge >= 0.3 is 0 Å². The highest BCUT2D eigenvalue weighted by atomic mass is 127. The minimum Gasteiger partial charge on any atom is -0.368 e. The molecule has 30 heavy (non-hydrogen) atoms. The number of rotatable bonds is 5. The minimum atomic E-state index is -3.69. The molecule has 0 saturated carbocycles. The molecule has 1 saturated heterocycles. The van der Waals surface area contributed by atoms with Gasteiger partial charge < -0.3 is 15.1 Å². The summed E-state index contributed by atoms with van der Waals surface area (Å²) in [4.78, 5) is 8.46. The summed E-state index contributed by atoms with van der Waals surface area (Å²) in [7, 11) is -2.01. The van der Waals surface area contributed by atoms with Gasteiger partial charge in [0.15, 0.2) is 15.8 Å². The van der Waals surface area contributed by atoms with Gasteiger partial charge in [0.1, 0.15) is 10.7 Å². The van der Waals surface area contributed by atoms with Crippen LogP contribution in [0.3, 0.4) is 0 Å². The van der Waals surface area contributed by atoms with Crippen molar-refractivity contribution in [3.63, 3.8) is 0 Å². The highest BCUT2D eigenvalue weighted by Crippen LogP contribution is 2.18. The lowest BCUT2D eigenvalue weighted by molar-refractivity contribution is 0.373. The van der Waals surface area contributed by atoms with Crippen molar-refractivity contribution < 1.29 is 12.8 Å². The largest absolute Gasteiger partial charge is 0.368 e. The Labute approximate surface area is 195 Å². The third-order valence-corrected chi connectivity index (χ3v) is 6.73. The Morgan fingerprint density at radius 2 is 1.80 bits per heavy atom. The number of halogens is 2. The Morgan fingerprint density at radius 1 is 1.10 bits per heavy atom. The summed E-state index contributed by atoms with van der Waals surface area (Å²) >= 11 is 0. The summed E-state index contributed by atoms with van der Waals surface area (Å²) < 4.78 is 38.6. The molecule has 0 atom stereocenters. The number of hydrogen-bond acceptors (Lipinski definition) is 4. The highest BCUT2D eigenvalue weighted by Gasteiger charge is 2.22. The molecular formula is C21H28FIN4O2S. The normalized spacial score (nSPS) is 15.0. The SMILES string of the molecule is CN=C(NCCS(=O)(=O)c1ccccc1F)N1CCN(c2cccc(C)c2)CC1.I. The first-order chi connectivity index (χ1) is 13.9. The number of hydrogen-bond donors (Lipinski definition) is 1. The zero-order chi connectivity index (χ0) is 20.9. The van der Waals surface area contributed by atoms with E-state index in [9.17, 15) is 12.8 Å². The van der Waals surface area contributed by atoms with Crippen molar-refractivity contribution in [1.82, 2.24) is 10.2 Å². The van der Waals surface area contributed by atoms with Crippen molar-refractivity contribution in [2.24, 2.45) is 4.99 Å². The van der Waals surface area contributed by atoms with Crippen molar-refractivity contribution in [3.8, 4) is 0 Å². The third-order valence-electron chi connectivity index (χ3n) is 4.98. The second-order valence-electron chi connectivity index (χ2n) is 7.04. The Bertz CT molecular complexity index is 976. The Hall–Kier alpha value is -1.88. The van der Waals surface area contributed by atoms with Crippen molar-refractivity contribution in [3.05, 3.63) is 59.9 Å². The van der Waals surface area contributed by atoms with Crippen LogP contribution in [0.4, 0.5) is 10.1 Å². The van der Waals surface area contributed by atoms with Gasteiger partial charge in [-0.15, -0.1) is 24.0 Å². The topological polar surface area (TPSA) is 65.0 Å². The Morgan fingerprint density at radius 3 is 2.43 bits per heavy atom. The minimum absolute atomic E-state index is 0. The molecular weight excluding hydrogens is 518 g/mol. The summed E-state index contributed by atoms with van der Waals surface area (Å²) in [6.45, 7) is 5.54. The molecule has 2 aromatic carbocycles. The standard InChI is InChI=1S/C21H27FN4O2S.HI/c1-17-6-5-7-18(16-17)25-11-13-26(14-12-25)21(23-2)24-10-15-29(27,28)20-9-4-3-8-19(20)22;/h3-9,16H,10-15H2,1-2H3,(H,23,24);1H. The predicted molar refractivity (Wildman–Crippen MR) is 130 cm³/mol. The molecule has 2 aromatic rings. The van der Waals surface area contributed by atoms with E-state index in [-0.39, 0.29) is 41.2 Å². The smallest absolute Gasteiger partial charge is 0.193 e. The summed E-state index contributed by atoms with van der Waals surface area (Å²) in [5.74, 6) is -0.252. The number of benzene rings is 2. The van der Waals surface area contributed by atoms with Gasteiger partial charge in [0.05, 0.1) is 5.75 Å². The van der Waals surface area contributed by atoms with Gasteiger partial charge in [0.25, 0.3) is 0 Å². The number of guanidine groups is 1. The highest BCUT2D eigenvalue weighted by molar-refractivity contribution is 14.0. The van der Waals surface area contributed by atoms with Crippen molar-refractivity contribution in [2.75, 3.05) is 50.4 Å². The first-order valence-corrected chi connectivity index (χ1v) is 11.3. The van der Waals surface area contributed by atoms with Gasteiger partial charge in [-0.1, -0.05) is 24.3 Å². The zero-order valence-corrected chi connectivity index (χ0v) is 20.4. The molecule has 1 aliphatic heterocycles. The number of piperazine rings is 1. The summed E-state index contributed by atoms with van der Waals surface area (Å²) in [5.41, 5.74) is 2.45. The lowest BCUT2D eigenvalue weighted by Gasteiger charge is -2.37. The fourth-order valence-corrected chi connectivity index (χ4v) is 4.68. The average Bonchev–Trinajstić information content (AvgIpc) is 2.71. The van der Waals surface area contributed by atoms with E-state index in [2.05, 4.69) is 51.3 Å². The van der Waals surface area contributed by atoms with E-state index in [0.717, 1.165) is 32.2 Å². The van der Waals surface area contributed by atoms with E-state index in [1.165, 1.54) is 29.4 Å². The van der Waals surface area contributed by atoms with Gasteiger partial charge in [0, 0.05) is 45.5 Å². The molecule has 1 heterocycles. The van der Waals surface area contributed by atoms with Crippen LogP contribution in [0.5, 0.6) is 0 Å². The molecule has 1 N–H and O–H groups in total. The maximum Gasteiger partial charge on any atom is 0.193 e. The fourth-order valence-electron chi connectivity index (χ4n) is 3.44. The summed E-state index contributed by atoms with van der Waals surface area (Å²) in [6, 6.07) is 13.9. The molecule has 1 aliphatic rings. The lowest BCUT2D eigenvalue weighted by atomic mass is 10.2. The van der Waals surface area contributed by atoms with Gasteiger partial charge in [-0.25, -0.2) is 12.8 Å². The molecule has 9 heteroatoms. The molecule has 1 fully saturated rings. The molecule has 0 aromatic heterocycles. The van der Waals surface area contributed by atoms with Gasteiger partial charge in [-0.05, 0) is 36.8 Å². The lowest BCUT2D eigenvalue weighted by Crippen LogP contribution is -2.53. The quantitative estimate of drug-likeness (QED) is 0.355. The number of sulfone groups is 1. The van der Waals surface area contributed by atoms with Crippen LogP contribution in [-0.2, 0) is 9.84 Å². The molecule has 0 amide bonds. The van der Waals surface area contributed by atoms with E-state index < -0.39 is 15.7 Å². The van der Waals surface area contributed by atoms with Crippen molar-refractivity contribution >= 4 is 45.5 Å². The van der Waals surface area contributed by atoms with Crippen LogP contribution in [0.2, 0.25) is 0 Å². The number of anilines is 1. The molecule has 3 rings (SSSR count). The number of nitrogens with one attached hydrogen (secondary N) is 1. The molecule has 0 unspecified atom stereocenters. The average molecular weight is 546 g/mol. The van der Waals surface area contributed by atoms with Crippen LogP contribution in [0.1, 0.15) is 5.56 Å². The van der Waals surface area contributed by atoms with Gasteiger partial charge in [-0.3, -0.25) is 4.99 Å². The number of nitrogens with zero attached hydrogens (tertiary/aromatic N) is 3. The van der Waals surface area contributed by atoms with Gasteiger partial charge in [0.2, 0.25) is 0 Å². The van der Waals surface area contributed by atoms with E-state index >= 15 is 0 Å². The number of aliphatic imine (C=N–C) groups is 1. The van der Waals surface area contributed by atoms with Crippen LogP contribution >= 0.6 is 24.0 Å². The maximum atomic E-state index is 13.8. The second-order valence-corrected chi connectivity index (χ2v) is 9.11. The van der Waals surface area contributed by atoms with E-state index in [4.69, 9.17) is 0 Å². The van der Waals surface area contributed by atoms with Crippen LogP contribution < -0.4 is 10.2 Å². The molecule has 0 radical (unpaired) electrons. The zero-order valence-electron chi connectivity index (χ0n) is 17.2. The maximum absolute atomic E-state index is 13.8. The number of aryl methyl sites for hydroxylation is 1. The Kier molecular flexibility index (Phi) is 8.90. The molecule has 6 nitrogen and oxygen atoms in total. The third kappa shape index (κ3) is 6.07. The van der Waals surface area contributed by atoms with Crippen LogP contribution in [0, 0.1) is 12.7 Å². The first-order valence-electron chi connectivity index (χ1n) is 9.65. The molecule has 0 aliphatic carbocycles. The van der Waals surface area contributed by atoms with Crippen LogP contribution in [0.15, 0.2) is 58.4 Å². The van der Waals surface area contributed by atoms with E-state index in [1.807, 2.05) is 0 Å². The molecule has 0 spiro atoms. The van der Waals surface area contributed by atoms with Crippen LogP contribution in [0.25, 0.3) is 0 Å². The van der Waals surface area contributed by atoms with E-state index in [0.29, 0.717) is 5.96 Å². The fraction of sp³-hybridized carbons (Fsp3) is 0.381. The summed E-state index contributed by atoms with van der Waals surface area (Å²) in [5, 5.41) is 3.10. The van der Waals surface area contributed by atoms with Crippen molar-refractivity contribution in [1.29, 1.82) is 0 Å². The first kappa shape index (κ1) is 24.4. The second kappa shape index (κ2) is 10.9. The van der Waals surface area contributed by atoms with Crippen LogP contribution in [-0.4, -0.2) is 64.8 Å². The molecule has 164 valence electrons. The monoisotopic (exact) mass is 546 g/mol. The van der Waals surface area contributed by atoms with E-state index in [1.54, 1.807) is 7.05 Å².